The molecule has 0 aliphatic heterocycles. The smallest absolute Gasteiger partial charge is 0.245 e. The Morgan fingerprint density at radius 3 is 2.59 bits per heavy atom. The SMILES string of the molecule is CC(C)N(CCO)S(=O)(=O)c1cncc(F)c1. The summed E-state index contributed by atoms with van der Waals surface area (Å²) >= 11 is 0. The van der Waals surface area contributed by atoms with Crippen LogP contribution >= 0.6 is 0 Å². The van der Waals surface area contributed by atoms with E-state index in [-0.39, 0.29) is 24.1 Å². The first kappa shape index (κ1) is 14.0. The van der Waals surface area contributed by atoms with E-state index in [0.29, 0.717) is 0 Å². The van der Waals surface area contributed by atoms with Gasteiger partial charge in [-0.3, -0.25) is 4.98 Å². The van der Waals surface area contributed by atoms with Crippen LogP contribution in [0.3, 0.4) is 0 Å². The van der Waals surface area contributed by atoms with Gasteiger partial charge in [0.05, 0.1) is 12.8 Å². The highest BCUT2D eigenvalue weighted by molar-refractivity contribution is 7.89. The molecule has 0 amide bonds. The molecule has 0 aromatic carbocycles. The average molecular weight is 262 g/mol. The Hall–Kier alpha value is -1.05. The van der Waals surface area contributed by atoms with E-state index in [0.717, 1.165) is 22.8 Å². The highest BCUT2D eigenvalue weighted by Gasteiger charge is 2.27. The number of pyridine rings is 1. The van der Waals surface area contributed by atoms with Crippen LogP contribution in [0.25, 0.3) is 0 Å². The molecule has 1 heterocycles. The minimum atomic E-state index is -3.81. The van der Waals surface area contributed by atoms with Crippen molar-refractivity contribution in [3.63, 3.8) is 0 Å². The van der Waals surface area contributed by atoms with Gasteiger partial charge in [0.25, 0.3) is 0 Å². The maximum atomic E-state index is 13.0. The number of hydrogen-bond acceptors (Lipinski definition) is 4. The molecule has 1 N–H and O–H groups in total. The van der Waals surface area contributed by atoms with Gasteiger partial charge in [0.2, 0.25) is 10.0 Å². The summed E-state index contributed by atoms with van der Waals surface area (Å²) in [4.78, 5) is 3.30. The predicted molar refractivity (Wildman–Crippen MR) is 60.3 cm³/mol. The van der Waals surface area contributed by atoms with E-state index in [2.05, 4.69) is 4.98 Å². The zero-order valence-electron chi connectivity index (χ0n) is 9.67. The summed E-state index contributed by atoms with van der Waals surface area (Å²) in [6.45, 7) is 3.04. The molecule has 96 valence electrons. The summed E-state index contributed by atoms with van der Waals surface area (Å²) in [6.07, 6.45) is 2.02. The zero-order valence-corrected chi connectivity index (χ0v) is 10.5. The van der Waals surface area contributed by atoms with Gasteiger partial charge in [0.15, 0.2) is 0 Å². The van der Waals surface area contributed by atoms with Crippen molar-refractivity contribution in [3.8, 4) is 0 Å². The third kappa shape index (κ3) is 3.21. The fourth-order valence-electron chi connectivity index (χ4n) is 1.42. The van der Waals surface area contributed by atoms with Gasteiger partial charge in [-0.25, -0.2) is 12.8 Å². The van der Waals surface area contributed by atoms with Gasteiger partial charge in [0, 0.05) is 18.8 Å². The monoisotopic (exact) mass is 262 g/mol. The molecule has 0 unspecified atom stereocenters. The molecule has 0 fully saturated rings. The molecular weight excluding hydrogens is 247 g/mol. The van der Waals surface area contributed by atoms with E-state index in [9.17, 15) is 12.8 Å². The van der Waals surface area contributed by atoms with Crippen LogP contribution in [0.1, 0.15) is 13.8 Å². The van der Waals surface area contributed by atoms with E-state index in [1.165, 1.54) is 0 Å². The molecule has 0 radical (unpaired) electrons. The fourth-order valence-corrected chi connectivity index (χ4v) is 3.03. The van der Waals surface area contributed by atoms with Crippen LogP contribution in [0.5, 0.6) is 0 Å². The van der Waals surface area contributed by atoms with Crippen molar-refractivity contribution < 1.29 is 17.9 Å². The van der Waals surface area contributed by atoms with Gasteiger partial charge in [-0.2, -0.15) is 4.31 Å². The summed E-state index contributed by atoms with van der Waals surface area (Å²) < 4.78 is 38.3. The Bertz CT molecular complexity index is 476. The summed E-state index contributed by atoms with van der Waals surface area (Å²) in [6, 6.07) is 0.588. The quantitative estimate of drug-likeness (QED) is 0.844. The van der Waals surface area contributed by atoms with Crippen LogP contribution in [-0.2, 0) is 10.0 Å². The number of aromatic nitrogens is 1. The first-order valence-corrected chi connectivity index (χ1v) is 6.57. The Balaban J connectivity index is 3.16. The Morgan fingerprint density at radius 2 is 2.12 bits per heavy atom. The number of hydrogen-bond donors (Lipinski definition) is 1. The molecular formula is C10H15FN2O3S. The second-order valence-corrected chi connectivity index (χ2v) is 5.66. The van der Waals surface area contributed by atoms with Gasteiger partial charge < -0.3 is 5.11 Å². The maximum Gasteiger partial charge on any atom is 0.245 e. The van der Waals surface area contributed by atoms with E-state index >= 15 is 0 Å². The van der Waals surface area contributed by atoms with Crippen LogP contribution in [0.15, 0.2) is 23.4 Å². The number of halogens is 1. The molecule has 0 saturated heterocycles. The third-order valence-electron chi connectivity index (χ3n) is 2.18. The number of rotatable bonds is 5. The van der Waals surface area contributed by atoms with Crippen molar-refractivity contribution in [3.05, 3.63) is 24.3 Å². The van der Waals surface area contributed by atoms with Crippen LogP contribution in [0.2, 0.25) is 0 Å². The largest absolute Gasteiger partial charge is 0.395 e. The maximum absolute atomic E-state index is 13.0. The van der Waals surface area contributed by atoms with Crippen molar-refractivity contribution in [2.45, 2.75) is 24.8 Å². The number of sulfonamides is 1. The second kappa shape index (κ2) is 5.52. The normalized spacial score (nSPS) is 12.4. The van der Waals surface area contributed by atoms with Gasteiger partial charge in [0.1, 0.15) is 10.7 Å². The minimum absolute atomic E-state index is 0.0312. The molecule has 0 aliphatic carbocycles. The van der Waals surface area contributed by atoms with Crippen LogP contribution in [0.4, 0.5) is 4.39 Å². The van der Waals surface area contributed by atoms with Crippen molar-refractivity contribution in [1.29, 1.82) is 0 Å². The summed E-state index contributed by atoms with van der Waals surface area (Å²) in [5.41, 5.74) is 0. The predicted octanol–water partition coefficient (Wildman–Crippen LogP) is 0.612. The zero-order chi connectivity index (χ0) is 13.1. The van der Waals surface area contributed by atoms with Crippen molar-refractivity contribution in [2.75, 3.05) is 13.2 Å². The summed E-state index contributed by atoms with van der Waals surface area (Å²) in [5, 5.41) is 8.85. The van der Waals surface area contributed by atoms with Crippen LogP contribution in [-0.4, -0.2) is 42.0 Å². The molecule has 7 heteroatoms. The number of aliphatic hydroxyl groups excluding tert-OH is 1. The van der Waals surface area contributed by atoms with Gasteiger partial charge in [-0.1, -0.05) is 0 Å². The molecule has 0 spiro atoms. The van der Waals surface area contributed by atoms with Gasteiger partial charge in [-0.15, -0.1) is 0 Å². The molecule has 5 nitrogen and oxygen atoms in total. The third-order valence-corrected chi connectivity index (χ3v) is 4.22. The van der Waals surface area contributed by atoms with Gasteiger partial charge >= 0.3 is 0 Å². The fraction of sp³-hybridized carbons (Fsp3) is 0.500. The van der Waals surface area contributed by atoms with Gasteiger partial charge in [-0.05, 0) is 19.9 Å². The number of nitrogens with zero attached hydrogens (tertiary/aromatic N) is 2. The Morgan fingerprint density at radius 1 is 1.47 bits per heavy atom. The first-order valence-electron chi connectivity index (χ1n) is 5.13. The van der Waals surface area contributed by atoms with Crippen LogP contribution < -0.4 is 0 Å². The molecule has 1 aromatic rings. The molecule has 17 heavy (non-hydrogen) atoms. The molecule has 0 aliphatic rings. The lowest BCUT2D eigenvalue weighted by Crippen LogP contribution is -2.39. The first-order chi connectivity index (χ1) is 7.89. The van der Waals surface area contributed by atoms with E-state index in [1.807, 2.05) is 0 Å². The lowest BCUT2D eigenvalue weighted by atomic mass is 10.4. The topological polar surface area (TPSA) is 70.5 Å². The second-order valence-electron chi connectivity index (χ2n) is 3.77. The van der Waals surface area contributed by atoms with Crippen molar-refractivity contribution in [2.24, 2.45) is 0 Å². The highest BCUT2D eigenvalue weighted by Crippen LogP contribution is 2.17. The number of aliphatic hydroxyl groups is 1. The summed E-state index contributed by atoms with van der Waals surface area (Å²) in [5.74, 6) is -0.709. The van der Waals surface area contributed by atoms with E-state index in [1.54, 1.807) is 13.8 Å². The van der Waals surface area contributed by atoms with Crippen molar-refractivity contribution >= 4 is 10.0 Å². The Kier molecular flexibility index (Phi) is 4.55. The molecule has 1 aromatic heterocycles. The summed E-state index contributed by atoms with van der Waals surface area (Å²) in [7, 11) is -3.81. The molecule has 0 atom stereocenters. The van der Waals surface area contributed by atoms with Crippen LogP contribution in [0, 0.1) is 5.82 Å². The Labute approximate surface area is 100.0 Å². The van der Waals surface area contributed by atoms with Crippen molar-refractivity contribution in [1.82, 2.24) is 9.29 Å². The van der Waals surface area contributed by atoms with E-state index < -0.39 is 15.8 Å². The molecule has 0 bridgehead atoms. The molecule has 1 rings (SSSR count). The lowest BCUT2D eigenvalue weighted by molar-refractivity contribution is 0.236. The molecule has 0 saturated carbocycles. The standard InChI is InChI=1S/C10H15FN2O3S/c1-8(2)13(3-4-14)17(15,16)10-5-9(11)6-12-7-10/h5-8,14H,3-4H2,1-2H3. The average Bonchev–Trinajstić information content (AvgIpc) is 2.25. The minimum Gasteiger partial charge on any atom is -0.395 e. The lowest BCUT2D eigenvalue weighted by Gasteiger charge is -2.24. The highest BCUT2D eigenvalue weighted by atomic mass is 32.2. The van der Waals surface area contributed by atoms with E-state index in [4.69, 9.17) is 5.11 Å².